The molecule has 0 aliphatic rings. The fraction of sp³-hybridized carbons (Fsp3) is 0.458. The Morgan fingerprint density at radius 1 is 0.800 bits per heavy atom. The van der Waals surface area contributed by atoms with E-state index in [1.807, 2.05) is 0 Å². The minimum absolute atomic E-state index is 0.0986. The Bertz CT molecular complexity index is 1080. The van der Waals surface area contributed by atoms with Crippen LogP contribution in [0.2, 0.25) is 0 Å². The second kappa shape index (κ2) is 17.0. The van der Waals surface area contributed by atoms with Gasteiger partial charge in [0.2, 0.25) is 23.6 Å². The highest BCUT2D eigenvalue weighted by Gasteiger charge is 2.31. The van der Waals surface area contributed by atoms with Crippen LogP contribution in [-0.4, -0.2) is 82.5 Å². The quantitative estimate of drug-likeness (QED) is 0.0488. The van der Waals surface area contributed by atoms with Crippen LogP contribution in [0.25, 0.3) is 0 Å². The van der Waals surface area contributed by atoms with Crippen molar-refractivity contribution in [3.63, 3.8) is 0 Å². The zero-order valence-corrected chi connectivity index (χ0v) is 21.7. The van der Waals surface area contributed by atoms with Gasteiger partial charge in [0.25, 0.3) is 0 Å². The van der Waals surface area contributed by atoms with Crippen molar-refractivity contribution in [1.82, 2.24) is 16.0 Å². The smallest absolute Gasteiger partial charge is 0.326 e. The number of nitrogens with one attached hydrogen (secondary N) is 3. The van der Waals surface area contributed by atoms with Crippen LogP contribution in [0.4, 0.5) is 0 Å². The molecule has 40 heavy (non-hydrogen) atoms. The third kappa shape index (κ3) is 13.2. The number of benzene rings is 1. The fourth-order valence-corrected chi connectivity index (χ4v) is 3.46. The van der Waals surface area contributed by atoms with Crippen molar-refractivity contribution in [2.24, 2.45) is 27.9 Å². The molecule has 0 aliphatic heterocycles. The third-order valence-electron chi connectivity index (χ3n) is 5.53. The van der Waals surface area contributed by atoms with Gasteiger partial charge in [0.05, 0.1) is 12.5 Å². The van der Waals surface area contributed by atoms with E-state index in [4.69, 9.17) is 22.9 Å². The number of nitrogens with zero attached hydrogens (tertiary/aromatic N) is 1. The molecule has 1 aromatic carbocycles. The van der Waals surface area contributed by atoms with Crippen molar-refractivity contribution in [3.05, 3.63) is 35.9 Å². The van der Waals surface area contributed by atoms with Crippen molar-refractivity contribution in [2.45, 2.75) is 62.7 Å². The summed E-state index contributed by atoms with van der Waals surface area (Å²) in [5, 5.41) is 25.6. The van der Waals surface area contributed by atoms with Gasteiger partial charge in [-0.15, -0.1) is 0 Å². The number of rotatable bonds is 18. The van der Waals surface area contributed by atoms with E-state index < -0.39 is 66.2 Å². The largest absolute Gasteiger partial charge is 0.481 e. The molecule has 4 atom stereocenters. The van der Waals surface area contributed by atoms with Crippen LogP contribution in [0.5, 0.6) is 0 Å². The van der Waals surface area contributed by atoms with Gasteiger partial charge in [0.15, 0.2) is 5.96 Å². The van der Waals surface area contributed by atoms with Gasteiger partial charge in [-0.3, -0.25) is 29.0 Å². The second-order valence-corrected chi connectivity index (χ2v) is 8.87. The summed E-state index contributed by atoms with van der Waals surface area (Å²) in [7, 11) is 0. The minimum Gasteiger partial charge on any atom is -0.481 e. The molecule has 4 unspecified atom stereocenters. The van der Waals surface area contributed by atoms with Crippen LogP contribution in [0.3, 0.4) is 0 Å². The lowest BCUT2D eigenvalue weighted by molar-refractivity contribution is -0.143. The van der Waals surface area contributed by atoms with Gasteiger partial charge in [-0.1, -0.05) is 30.3 Å². The van der Waals surface area contributed by atoms with Crippen LogP contribution in [0.15, 0.2) is 35.3 Å². The molecule has 4 amide bonds. The number of hydrogen-bond donors (Lipinski definition) is 9. The maximum Gasteiger partial charge on any atom is 0.326 e. The van der Waals surface area contributed by atoms with Gasteiger partial charge in [-0.25, -0.2) is 4.79 Å². The average Bonchev–Trinajstić information content (AvgIpc) is 2.87. The third-order valence-corrected chi connectivity index (χ3v) is 5.53. The predicted octanol–water partition coefficient (Wildman–Crippen LogP) is -3.11. The lowest BCUT2D eigenvalue weighted by atomic mass is 10.0. The molecule has 0 saturated heterocycles. The topological polar surface area (TPSA) is 295 Å². The summed E-state index contributed by atoms with van der Waals surface area (Å²) in [4.78, 5) is 76.5. The van der Waals surface area contributed by atoms with Gasteiger partial charge < -0.3 is 49.1 Å². The summed E-state index contributed by atoms with van der Waals surface area (Å²) < 4.78 is 0. The van der Waals surface area contributed by atoms with Crippen molar-refractivity contribution >= 4 is 41.5 Å². The van der Waals surface area contributed by atoms with Crippen LogP contribution in [0, 0.1) is 0 Å². The van der Waals surface area contributed by atoms with Gasteiger partial charge in [-0.2, -0.15) is 0 Å². The van der Waals surface area contributed by atoms with Gasteiger partial charge in [0, 0.05) is 19.4 Å². The van der Waals surface area contributed by atoms with Crippen molar-refractivity contribution in [3.8, 4) is 0 Å². The molecule has 0 spiro atoms. The molecule has 16 heteroatoms. The number of nitrogens with two attached hydrogens (primary N) is 4. The number of carboxylic acids is 2. The first kappa shape index (κ1) is 33.3. The van der Waals surface area contributed by atoms with Gasteiger partial charge >= 0.3 is 11.9 Å². The van der Waals surface area contributed by atoms with Crippen molar-refractivity contribution in [2.75, 3.05) is 6.54 Å². The monoisotopic (exact) mass is 564 g/mol. The Hall–Kier alpha value is -4.73. The van der Waals surface area contributed by atoms with E-state index in [0.29, 0.717) is 12.0 Å². The van der Waals surface area contributed by atoms with Crippen LogP contribution in [0.1, 0.15) is 37.7 Å². The highest BCUT2D eigenvalue weighted by atomic mass is 16.4. The molecule has 16 nitrogen and oxygen atoms in total. The Kier molecular flexibility index (Phi) is 14.1. The number of carbonyl (C=O) groups is 6. The van der Waals surface area contributed by atoms with E-state index in [1.54, 1.807) is 30.3 Å². The maximum atomic E-state index is 13.1. The number of amides is 4. The number of primary amides is 1. The molecule has 0 heterocycles. The molecule has 0 fully saturated rings. The standard InChI is InChI=1S/C24H36N8O8/c25-14(7-4-10-29-24(27)28)20(36)31-17(12-19(34)35)22(38)32-16(11-13-5-2-1-3-6-13)21(37)30-15(23(39)40)8-9-18(26)33/h1-3,5-6,14-17H,4,7-12,25H2,(H2,26,33)(H,30,37)(H,31,36)(H,32,38)(H,34,35)(H,39,40)(H4,27,28,29). The number of carbonyl (C=O) groups excluding carboxylic acids is 4. The molecule has 1 rings (SSSR count). The van der Waals surface area contributed by atoms with E-state index in [9.17, 15) is 39.0 Å². The molecule has 0 aromatic heterocycles. The Morgan fingerprint density at radius 2 is 1.38 bits per heavy atom. The summed E-state index contributed by atoms with van der Waals surface area (Å²) in [5.41, 5.74) is 22.0. The normalized spacial score (nSPS) is 13.5. The molecule has 0 bridgehead atoms. The number of aliphatic carboxylic acids is 2. The SMILES string of the molecule is NC(=O)CCC(NC(=O)C(Cc1ccccc1)NC(=O)C(CC(=O)O)NC(=O)C(N)CCCN=C(N)N)C(=O)O. The summed E-state index contributed by atoms with van der Waals surface area (Å²) in [5.74, 6) is -6.47. The highest BCUT2D eigenvalue weighted by Crippen LogP contribution is 2.07. The molecular formula is C24H36N8O8. The van der Waals surface area contributed by atoms with Crippen LogP contribution >= 0.6 is 0 Å². The second-order valence-electron chi connectivity index (χ2n) is 8.87. The first-order chi connectivity index (χ1) is 18.8. The first-order valence-corrected chi connectivity index (χ1v) is 12.3. The lowest BCUT2D eigenvalue weighted by Gasteiger charge is -2.25. The maximum absolute atomic E-state index is 13.1. The lowest BCUT2D eigenvalue weighted by Crippen LogP contribution is -2.58. The molecule has 1 aromatic rings. The predicted molar refractivity (Wildman–Crippen MR) is 142 cm³/mol. The van der Waals surface area contributed by atoms with E-state index in [0.717, 1.165) is 0 Å². The Labute approximate surface area is 229 Å². The van der Waals surface area contributed by atoms with Gasteiger partial charge in [0.1, 0.15) is 18.1 Å². The van der Waals surface area contributed by atoms with E-state index >= 15 is 0 Å². The average molecular weight is 565 g/mol. The number of aliphatic imine (C=N–C) groups is 1. The zero-order valence-electron chi connectivity index (χ0n) is 21.7. The molecular weight excluding hydrogens is 528 g/mol. The van der Waals surface area contributed by atoms with E-state index in [1.165, 1.54) is 0 Å². The van der Waals surface area contributed by atoms with Crippen molar-refractivity contribution in [1.29, 1.82) is 0 Å². The summed E-state index contributed by atoms with van der Waals surface area (Å²) in [6, 6.07) is 2.84. The number of hydrogen-bond acceptors (Lipinski definition) is 8. The molecule has 0 aliphatic carbocycles. The minimum atomic E-state index is -1.61. The summed E-state index contributed by atoms with van der Waals surface area (Å²) in [6.45, 7) is 0.204. The van der Waals surface area contributed by atoms with Crippen LogP contribution in [-0.2, 0) is 35.2 Å². The summed E-state index contributed by atoms with van der Waals surface area (Å²) in [6.07, 6.45) is -1.06. The zero-order chi connectivity index (χ0) is 30.2. The molecule has 0 saturated carbocycles. The molecule has 220 valence electrons. The Morgan fingerprint density at radius 3 is 1.93 bits per heavy atom. The highest BCUT2D eigenvalue weighted by molar-refractivity contribution is 5.95. The number of guanidine groups is 1. The van der Waals surface area contributed by atoms with Crippen molar-refractivity contribution < 1.29 is 39.0 Å². The molecule has 13 N–H and O–H groups in total. The first-order valence-electron chi connectivity index (χ1n) is 12.3. The number of carboxylic acid groups (broad SMARTS) is 2. The van der Waals surface area contributed by atoms with E-state index in [2.05, 4.69) is 20.9 Å². The van der Waals surface area contributed by atoms with E-state index in [-0.39, 0.29) is 38.2 Å². The van der Waals surface area contributed by atoms with Gasteiger partial charge in [-0.05, 0) is 24.8 Å². The van der Waals surface area contributed by atoms with Crippen LogP contribution < -0.4 is 38.9 Å². The molecule has 0 radical (unpaired) electrons. The Balaban J connectivity index is 3.06. The fourth-order valence-electron chi connectivity index (χ4n) is 3.46. The summed E-state index contributed by atoms with van der Waals surface area (Å²) >= 11 is 0.